The Bertz CT molecular complexity index is 1100. The zero-order valence-electron chi connectivity index (χ0n) is 19.3. The number of anilines is 1. The molecular weight excluding hydrogens is 445 g/mol. The number of hydrogen-bond acceptors (Lipinski definition) is 4. The minimum atomic E-state index is -4.38. The highest BCUT2D eigenvalue weighted by atomic mass is 19.4. The van der Waals surface area contributed by atoms with Crippen molar-refractivity contribution in [2.75, 3.05) is 38.8 Å². The van der Waals surface area contributed by atoms with Gasteiger partial charge in [-0.05, 0) is 54.1 Å². The normalized spacial score (nSPS) is 11.2. The van der Waals surface area contributed by atoms with Gasteiger partial charge in [0, 0.05) is 30.9 Å². The molecule has 3 rings (SSSR count). The second kappa shape index (κ2) is 11.1. The number of amides is 1. The molecule has 8 heteroatoms. The van der Waals surface area contributed by atoms with Gasteiger partial charge in [-0.25, -0.2) is 0 Å². The monoisotopic (exact) mass is 472 g/mol. The fraction of sp³-hybridized carbons (Fsp3) is 0.269. The first kappa shape index (κ1) is 25.1. The molecule has 0 saturated carbocycles. The summed E-state index contributed by atoms with van der Waals surface area (Å²) in [5.74, 6) is 0.874. The zero-order chi connectivity index (χ0) is 24.7. The second-order valence-electron chi connectivity index (χ2n) is 7.55. The summed E-state index contributed by atoms with van der Waals surface area (Å²) in [4.78, 5) is 14.5. The van der Waals surface area contributed by atoms with Crippen LogP contribution in [0.4, 0.5) is 18.9 Å². The van der Waals surface area contributed by atoms with E-state index >= 15 is 0 Å². The molecule has 1 N–H and O–H groups in total. The average molecular weight is 473 g/mol. The SMILES string of the molecule is CCNCCOc1ccc(N(C)C(=O)c2ccc(-c3ccc(C(F)(F)F)cc3)cc2)cc1OC. The molecule has 1 amide bonds. The summed E-state index contributed by atoms with van der Waals surface area (Å²) in [5, 5.41) is 3.18. The van der Waals surface area contributed by atoms with Crippen LogP contribution >= 0.6 is 0 Å². The summed E-state index contributed by atoms with van der Waals surface area (Å²) in [6.07, 6.45) is -4.38. The maximum atomic E-state index is 13.0. The van der Waals surface area contributed by atoms with Crippen LogP contribution in [0.15, 0.2) is 66.7 Å². The number of nitrogens with one attached hydrogen (secondary N) is 1. The van der Waals surface area contributed by atoms with Crippen LogP contribution in [-0.4, -0.2) is 39.8 Å². The lowest BCUT2D eigenvalue weighted by Gasteiger charge is -2.20. The van der Waals surface area contributed by atoms with Gasteiger partial charge in [0.25, 0.3) is 5.91 Å². The molecule has 0 aliphatic carbocycles. The minimum Gasteiger partial charge on any atom is -0.493 e. The van der Waals surface area contributed by atoms with Crippen molar-refractivity contribution in [3.8, 4) is 22.6 Å². The van der Waals surface area contributed by atoms with E-state index in [1.165, 1.54) is 24.1 Å². The molecule has 34 heavy (non-hydrogen) atoms. The number of nitrogens with zero attached hydrogens (tertiary/aromatic N) is 1. The van der Waals surface area contributed by atoms with Crippen LogP contribution in [0, 0.1) is 0 Å². The predicted molar refractivity (Wildman–Crippen MR) is 127 cm³/mol. The van der Waals surface area contributed by atoms with Gasteiger partial charge in [-0.1, -0.05) is 31.2 Å². The van der Waals surface area contributed by atoms with Crippen LogP contribution < -0.4 is 19.7 Å². The van der Waals surface area contributed by atoms with Crippen molar-refractivity contribution in [1.82, 2.24) is 5.32 Å². The molecule has 3 aromatic carbocycles. The van der Waals surface area contributed by atoms with E-state index in [2.05, 4.69) is 5.32 Å². The lowest BCUT2D eigenvalue weighted by atomic mass is 10.0. The highest BCUT2D eigenvalue weighted by Gasteiger charge is 2.30. The molecule has 0 aliphatic heterocycles. The first-order valence-corrected chi connectivity index (χ1v) is 10.8. The lowest BCUT2D eigenvalue weighted by molar-refractivity contribution is -0.137. The number of ether oxygens (including phenoxy) is 2. The van der Waals surface area contributed by atoms with Gasteiger partial charge in [-0.3, -0.25) is 4.79 Å². The first-order chi connectivity index (χ1) is 16.2. The molecular formula is C26H27F3N2O3. The molecule has 0 unspecified atom stereocenters. The molecule has 0 atom stereocenters. The average Bonchev–Trinajstić information content (AvgIpc) is 2.85. The minimum absolute atomic E-state index is 0.234. The molecule has 0 spiro atoms. The van der Waals surface area contributed by atoms with Gasteiger partial charge in [0.05, 0.1) is 12.7 Å². The van der Waals surface area contributed by atoms with Crippen LogP contribution in [0.5, 0.6) is 11.5 Å². The third-order valence-electron chi connectivity index (χ3n) is 5.30. The number of alkyl halides is 3. The van der Waals surface area contributed by atoms with E-state index in [0.29, 0.717) is 47.0 Å². The van der Waals surface area contributed by atoms with E-state index in [1.54, 1.807) is 49.5 Å². The van der Waals surface area contributed by atoms with Crippen molar-refractivity contribution in [2.45, 2.75) is 13.1 Å². The van der Waals surface area contributed by atoms with Gasteiger partial charge in [0.2, 0.25) is 0 Å². The second-order valence-corrected chi connectivity index (χ2v) is 7.55. The summed E-state index contributed by atoms with van der Waals surface area (Å²) in [7, 11) is 3.20. The Kier molecular flexibility index (Phi) is 8.17. The van der Waals surface area contributed by atoms with E-state index in [4.69, 9.17) is 9.47 Å². The number of rotatable bonds is 9. The summed E-state index contributed by atoms with van der Waals surface area (Å²) in [6.45, 7) is 4.08. The number of methoxy groups -OCH3 is 1. The van der Waals surface area contributed by atoms with E-state index in [9.17, 15) is 18.0 Å². The number of halogens is 3. The van der Waals surface area contributed by atoms with E-state index in [1.807, 2.05) is 6.92 Å². The molecule has 3 aromatic rings. The largest absolute Gasteiger partial charge is 0.493 e. The van der Waals surface area contributed by atoms with E-state index in [0.717, 1.165) is 18.7 Å². The van der Waals surface area contributed by atoms with E-state index in [-0.39, 0.29) is 5.91 Å². The number of hydrogen-bond donors (Lipinski definition) is 1. The van der Waals surface area contributed by atoms with Crippen LogP contribution in [0.25, 0.3) is 11.1 Å². The first-order valence-electron chi connectivity index (χ1n) is 10.8. The maximum Gasteiger partial charge on any atom is 0.416 e. The number of likely N-dealkylation sites (N-methyl/N-ethyl adjacent to an activating group) is 1. The number of benzene rings is 3. The Morgan fingerprint density at radius 3 is 2.12 bits per heavy atom. The van der Waals surface area contributed by atoms with Gasteiger partial charge in [-0.2, -0.15) is 13.2 Å². The van der Waals surface area contributed by atoms with Gasteiger partial charge in [0.1, 0.15) is 6.61 Å². The Labute approximate surface area is 197 Å². The summed E-state index contributed by atoms with van der Waals surface area (Å²) < 4.78 is 49.5. The van der Waals surface area contributed by atoms with Crippen molar-refractivity contribution in [1.29, 1.82) is 0 Å². The Hall–Kier alpha value is -3.52. The standard InChI is InChI=1S/C26H27F3N2O3/c1-4-30-15-16-34-23-14-13-22(17-24(23)33-3)31(2)25(32)20-7-5-18(6-8-20)19-9-11-21(12-10-19)26(27,28)29/h5-14,17,30H,4,15-16H2,1-3H3. The molecule has 5 nitrogen and oxygen atoms in total. The Morgan fingerprint density at radius 2 is 1.56 bits per heavy atom. The Morgan fingerprint density at radius 1 is 0.941 bits per heavy atom. The van der Waals surface area contributed by atoms with Crippen molar-refractivity contribution >= 4 is 11.6 Å². The van der Waals surface area contributed by atoms with Crippen molar-refractivity contribution in [2.24, 2.45) is 0 Å². The number of carbonyl (C=O) groups is 1. The molecule has 0 aromatic heterocycles. The molecule has 0 saturated heterocycles. The van der Waals surface area contributed by atoms with Crippen LogP contribution in [-0.2, 0) is 6.18 Å². The van der Waals surface area contributed by atoms with E-state index < -0.39 is 11.7 Å². The Balaban J connectivity index is 1.71. The van der Waals surface area contributed by atoms with Crippen LogP contribution in [0.1, 0.15) is 22.8 Å². The van der Waals surface area contributed by atoms with Crippen molar-refractivity contribution in [3.63, 3.8) is 0 Å². The molecule has 0 fully saturated rings. The van der Waals surface area contributed by atoms with Crippen molar-refractivity contribution in [3.05, 3.63) is 77.9 Å². The van der Waals surface area contributed by atoms with Gasteiger partial charge < -0.3 is 19.7 Å². The molecule has 0 heterocycles. The third-order valence-corrected chi connectivity index (χ3v) is 5.30. The van der Waals surface area contributed by atoms with Crippen molar-refractivity contribution < 1.29 is 27.4 Å². The summed E-state index contributed by atoms with van der Waals surface area (Å²) >= 11 is 0. The quantitative estimate of drug-likeness (QED) is 0.409. The highest BCUT2D eigenvalue weighted by Crippen LogP contribution is 2.33. The molecule has 0 bridgehead atoms. The van der Waals surface area contributed by atoms with Gasteiger partial charge >= 0.3 is 6.18 Å². The smallest absolute Gasteiger partial charge is 0.416 e. The summed E-state index contributed by atoms with van der Waals surface area (Å²) in [5.41, 5.74) is 1.73. The lowest BCUT2D eigenvalue weighted by Crippen LogP contribution is -2.26. The molecule has 0 radical (unpaired) electrons. The maximum absolute atomic E-state index is 13.0. The summed E-state index contributed by atoms with van der Waals surface area (Å²) in [6, 6.07) is 16.9. The topological polar surface area (TPSA) is 50.8 Å². The molecule has 0 aliphatic rings. The predicted octanol–water partition coefficient (Wildman–Crippen LogP) is 5.65. The molecule has 180 valence electrons. The fourth-order valence-electron chi connectivity index (χ4n) is 3.36. The van der Waals surface area contributed by atoms with Crippen LogP contribution in [0.2, 0.25) is 0 Å². The third kappa shape index (κ3) is 6.08. The number of carbonyl (C=O) groups excluding carboxylic acids is 1. The fourth-order valence-corrected chi connectivity index (χ4v) is 3.36. The van der Waals surface area contributed by atoms with Crippen LogP contribution in [0.3, 0.4) is 0 Å². The van der Waals surface area contributed by atoms with Gasteiger partial charge in [0.15, 0.2) is 11.5 Å². The highest BCUT2D eigenvalue weighted by molar-refractivity contribution is 6.06. The zero-order valence-corrected chi connectivity index (χ0v) is 19.3. The van der Waals surface area contributed by atoms with Gasteiger partial charge in [-0.15, -0.1) is 0 Å².